The third-order valence-corrected chi connectivity index (χ3v) is 8.29. The van der Waals surface area contributed by atoms with Gasteiger partial charge in [0.15, 0.2) is 8.32 Å². The van der Waals surface area contributed by atoms with Gasteiger partial charge in [0.05, 0.1) is 0 Å². The molecule has 2 nitrogen and oxygen atoms in total. The summed E-state index contributed by atoms with van der Waals surface area (Å²) in [5.41, 5.74) is 0.526. The largest absolute Gasteiger partial charge is 0.407 e. The lowest BCUT2D eigenvalue weighted by atomic mass is 10.1. The Morgan fingerprint density at radius 3 is 2.37 bits per heavy atom. The van der Waals surface area contributed by atoms with Crippen molar-refractivity contribution in [1.29, 1.82) is 0 Å². The molecule has 0 aromatic heterocycles. The van der Waals surface area contributed by atoms with E-state index in [1.165, 1.54) is 6.07 Å². The molecule has 0 aliphatic heterocycles. The quantitative estimate of drug-likeness (QED) is 0.603. The van der Waals surface area contributed by atoms with E-state index in [9.17, 15) is 9.18 Å². The fourth-order valence-corrected chi connectivity index (χ4v) is 2.80. The summed E-state index contributed by atoms with van der Waals surface area (Å²) >= 11 is 0. The number of carbonyl (C=O) groups excluding carboxylic acids is 1. The molecule has 1 aromatic rings. The van der Waals surface area contributed by atoms with Crippen molar-refractivity contribution >= 4 is 14.6 Å². The Bertz CT molecular complexity index is 438. The van der Waals surface area contributed by atoms with Crippen molar-refractivity contribution in [3.05, 3.63) is 35.6 Å². The fourth-order valence-electron chi connectivity index (χ4n) is 1.55. The van der Waals surface area contributed by atoms with Crippen molar-refractivity contribution in [3.63, 3.8) is 0 Å². The zero-order chi connectivity index (χ0) is 14.7. The SMILES string of the molecule is CC(C)(C)[Si](C)(C)OC(C=O)Cc1ccccc1F. The number of halogens is 1. The van der Waals surface area contributed by atoms with Gasteiger partial charge in [0, 0.05) is 6.42 Å². The van der Waals surface area contributed by atoms with Crippen LogP contribution < -0.4 is 0 Å². The van der Waals surface area contributed by atoms with Gasteiger partial charge in [0.2, 0.25) is 0 Å². The van der Waals surface area contributed by atoms with Gasteiger partial charge < -0.3 is 9.22 Å². The van der Waals surface area contributed by atoms with Crippen LogP contribution in [0.15, 0.2) is 24.3 Å². The highest BCUT2D eigenvalue weighted by Crippen LogP contribution is 2.37. The number of rotatable bonds is 5. The predicted octanol–water partition coefficient (Wildman–Crippen LogP) is 3.96. The maximum absolute atomic E-state index is 13.6. The summed E-state index contributed by atoms with van der Waals surface area (Å²) < 4.78 is 19.6. The molecule has 1 aromatic carbocycles. The average Bonchev–Trinajstić information content (AvgIpc) is 2.29. The van der Waals surface area contributed by atoms with Gasteiger partial charge in [-0.1, -0.05) is 39.0 Å². The Morgan fingerprint density at radius 2 is 1.89 bits per heavy atom. The van der Waals surface area contributed by atoms with Crippen LogP contribution in [-0.4, -0.2) is 20.7 Å². The molecule has 0 heterocycles. The van der Waals surface area contributed by atoms with Gasteiger partial charge in [0.25, 0.3) is 0 Å². The van der Waals surface area contributed by atoms with Gasteiger partial charge in [-0.05, 0) is 29.8 Å². The van der Waals surface area contributed by atoms with Crippen LogP contribution in [0.4, 0.5) is 4.39 Å². The van der Waals surface area contributed by atoms with Gasteiger partial charge in [-0.15, -0.1) is 0 Å². The molecule has 0 N–H and O–H groups in total. The Hall–Kier alpha value is -1.00. The molecule has 4 heteroatoms. The van der Waals surface area contributed by atoms with E-state index in [1.807, 2.05) is 0 Å². The highest BCUT2D eigenvalue weighted by molar-refractivity contribution is 6.74. The molecule has 0 amide bonds. The standard InChI is InChI=1S/C15H23FO2Si/c1-15(2,3)19(4,5)18-13(11-17)10-12-8-6-7-9-14(12)16/h6-9,11,13H,10H2,1-5H3. The van der Waals surface area contributed by atoms with Crippen molar-refractivity contribution in [3.8, 4) is 0 Å². The lowest BCUT2D eigenvalue weighted by molar-refractivity contribution is -0.114. The smallest absolute Gasteiger partial charge is 0.193 e. The van der Waals surface area contributed by atoms with E-state index < -0.39 is 14.4 Å². The first kappa shape index (κ1) is 16.1. The summed E-state index contributed by atoms with van der Waals surface area (Å²) in [5.74, 6) is -0.284. The molecule has 0 saturated carbocycles. The van der Waals surface area contributed by atoms with E-state index in [0.29, 0.717) is 12.0 Å². The molecule has 0 aliphatic carbocycles. The van der Waals surface area contributed by atoms with E-state index >= 15 is 0 Å². The van der Waals surface area contributed by atoms with Crippen LogP contribution in [0, 0.1) is 5.82 Å². The van der Waals surface area contributed by atoms with Crippen molar-refractivity contribution in [2.45, 2.75) is 51.4 Å². The number of aldehydes is 1. The van der Waals surface area contributed by atoms with Gasteiger partial charge >= 0.3 is 0 Å². The molecule has 0 radical (unpaired) electrons. The molecule has 0 spiro atoms. The Balaban J connectivity index is 2.81. The summed E-state index contributed by atoms with van der Waals surface area (Å²) in [6.07, 6.45) is 0.507. The number of benzene rings is 1. The first-order chi connectivity index (χ1) is 8.67. The lowest BCUT2D eigenvalue weighted by Crippen LogP contribution is -2.45. The van der Waals surface area contributed by atoms with Gasteiger partial charge in [-0.2, -0.15) is 0 Å². The predicted molar refractivity (Wildman–Crippen MR) is 78.2 cm³/mol. The third kappa shape index (κ3) is 4.25. The van der Waals surface area contributed by atoms with Crippen LogP contribution in [0.5, 0.6) is 0 Å². The minimum Gasteiger partial charge on any atom is -0.407 e. The number of carbonyl (C=O) groups is 1. The van der Waals surface area contributed by atoms with E-state index in [2.05, 4.69) is 33.9 Å². The van der Waals surface area contributed by atoms with Crippen LogP contribution in [0.1, 0.15) is 26.3 Å². The van der Waals surface area contributed by atoms with Crippen LogP contribution in [-0.2, 0) is 15.6 Å². The first-order valence-corrected chi connectivity index (χ1v) is 9.45. The molecule has 0 aliphatic rings. The Kier molecular flexibility index (Phi) is 5.04. The van der Waals surface area contributed by atoms with Crippen LogP contribution in [0.3, 0.4) is 0 Å². The lowest BCUT2D eigenvalue weighted by Gasteiger charge is -2.38. The fraction of sp³-hybridized carbons (Fsp3) is 0.533. The molecular weight excluding hydrogens is 259 g/mol. The summed E-state index contributed by atoms with van der Waals surface area (Å²) in [6.45, 7) is 10.5. The van der Waals surface area contributed by atoms with Crippen LogP contribution in [0.2, 0.25) is 18.1 Å². The van der Waals surface area contributed by atoms with Gasteiger partial charge in [-0.3, -0.25) is 0 Å². The molecule has 0 fully saturated rings. The monoisotopic (exact) mass is 282 g/mol. The van der Waals surface area contributed by atoms with E-state index in [-0.39, 0.29) is 10.9 Å². The summed E-state index contributed by atoms with van der Waals surface area (Å²) in [6, 6.07) is 6.51. The van der Waals surface area contributed by atoms with Crippen molar-refractivity contribution in [1.82, 2.24) is 0 Å². The number of hydrogen-bond donors (Lipinski definition) is 0. The highest BCUT2D eigenvalue weighted by Gasteiger charge is 2.39. The topological polar surface area (TPSA) is 26.3 Å². The molecule has 1 unspecified atom stereocenters. The maximum Gasteiger partial charge on any atom is 0.193 e. The zero-order valence-corrected chi connectivity index (χ0v) is 13.4. The molecule has 1 atom stereocenters. The van der Waals surface area contributed by atoms with Gasteiger partial charge in [-0.25, -0.2) is 4.39 Å². The van der Waals surface area contributed by atoms with Gasteiger partial charge in [0.1, 0.15) is 18.2 Å². The van der Waals surface area contributed by atoms with E-state index in [4.69, 9.17) is 4.43 Å². The van der Waals surface area contributed by atoms with Crippen LogP contribution >= 0.6 is 0 Å². The molecular formula is C15H23FO2Si. The average molecular weight is 282 g/mol. The zero-order valence-electron chi connectivity index (χ0n) is 12.4. The van der Waals surface area contributed by atoms with Crippen molar-refractivity contribution in [2.24, 2.45) is 0 Å². The number of hydrogen-bond acceptors (Lipinski definition) is 2. The summed E-state index contributed by atoms with van der Waals surface area (Å²) in [5, 5.41) is 0.0312. The van der Waals surface area contributed by atoms with E-state index in [0.717, 1.165) is 6.29 Å². The normalized spacial score (nSPS) is 14.2. The molecule has 0 saturated heterocycles. The van der Waals surface area contributed by atoms with Crippen LogP contribution in [0.25, 0.3) is 0 Å². The van der Waals surface area contributed by atoms with Crippen molar-refractivity contribution in [2.75, 3.05) is 0 Å². The minimum atomic E-state index is -2.01. The molecule has 106 valence electrons. The summed E-state index contributed by atoms with van der Waals surface area (Å²) in [7, 11) is -2.01. The second-order valence-electron chi connectivity index (χ2n) is 6.35. The Labute approximate surface area is 116 Å². The first-order valence-electron chi connectivity index (χ1n) is 6.54. The molecule has 19 heavy (non-hydrogen) atoms. The Morgan fingerprint density at radius 1 is 1.32 bits per heavy atom. The van der Waals surface area contributed by atoms with E-state index in [1.54, 1.807) is 18.2 Å². The summed E-state index contributed by atoms with van der Waals surface area (Å²) in [4.78, 5) is 11.2. The molecule has 1 rings (SSSR count). The minimum absolute atomic E-state index is 0.0312. The highest BCUT2D eigenvalue weighted by atomic mass is 28.4. The second-order valence-corrected chi connectivity index (χ2v) is 11.1. The molecule has 0 bridgehead atoms. The second kappa shape index (κ2) is 5.97. The maximum atomic E-state index is 13.6. The third-order valence-electron chi connectivity index (χ3n) is 3.78. The van der Waals surface area contributed by atoms with Crippen molar-refractivity contribution < 1.29 is 13.6 Å².